The number of amides is 1. The van der Waals surface area contributed by atoms with Crippen LogP contribution in [0.15, 0.2) is 47.1 Å². The van der Waals surface area contributed by atoms with Crippen molar-refractivity contribution in [1.29, 1.82) is 0 Å². The van der Waals surface area contributed by atoms with Gasteiger partial charge < -0.3 is 19.6 Å². The fourth-order valence-electron chi connectivity index (χ4n) is 6.42. The fourth-order valence-corrected chi connectivity index (χ4v) is 6.42. The molecule has 2 aliphatic carbocycles. The summed E-state index contributed by atoms with van der Waals surface area (Å²) in [5.74, 6) is 1.27. The van der Waals surface area contributed by atoms with E-state index in [1.165, 1.54) is 19.8 Å². The van der Waals surface area contributed by atoms with Crippen molar-refractivity contribution >= 4 is 18.0 Å². The highest BCUT2D eigenvalue weighted by molar-refractivity contribution is 5.92. The lowest BCUT2D eigenvalue weighted by molar-refractivity contribution is -0.187. The lowest BCUT2D eigenvalue weighted by atomic mass is 9.55. The number of carbonyl (C=O) groups excluding carboxylic acids is 2. The number of phenols is 1. The highest BCUT2D eigenvalue weighted by Crippen LogP contribution is 2.54. The SMILES string of the molecule is CC(=O)O[C@]12CC[C@H](NC(=O)C=Cc3ccoc3C)C[C@]1(c1cccc(O)c1)CCN(CC1CC1)C2. The molecule has 1 saturated heterocycles. The number of phenolic OH excluding ortho intramolecular Hbond substituents is 1. The molecule has 2 aromatic rings. The number of benzene rings is 1. The average molecular weight is 493 g/mol. The van der Waals surface area contributed by atoms with Crippen LogP contribution in [0.3, 0.4) is 0 Å². The van der Waals surface area contributed by atoms with E-state index in [0.29, 0.717) is 19.4 Å². The average Bonchev–Trinajstić information content (AvgIpc) is 3.55. The number of piperidine rings is 1. The number of nitrogens with zero attached hydrogens (tertiary/aromatic N) is 1. The number of fused-ring (bicyclic) bond motifs is 1. The Labute approximate surface area is 212 Å². The van der Waals surface area contributed by atoms with Crippen LogP contribution in [-0.4, -0.2) is 53.2 Å². The van der Waals surface area contributed by atoms with Crippen molar-refractivity contribution in [3.05, 3.63) is 59.6 Å². The van der Waals surface area contributed by atoms with Crippen LogP contribution in [0.25, 0.3) is 6.08 Å². The minimum absolute atomic E-state index is 0.0754. The van der Waals surface area contributed by atoms with Crippen LogP contribution in [0.2, 0.25) is 0 Å². The van der Waals surface area contributed by atoms with Crippen molar-refractivity contribution in [2.75, 3.05) is 19.6 Å². The molecule has 7 heteroatoms. The van der Waals surface area contributed by atoms with Gasteiger partial charge in [0, 0.05) is 43.1 Å². The second-order valence-electron chi connectivity index (χ2n) is 10.9. The minimum atomic E-state index is -0.704. The summed E-state index contributed by atoms with van der Waals surface area (Å²) in [6.45, 7) is 5.96. The molecular weight excluding hydrogens is 456 g/mol. The largest absolute Gasteiger partial charge is 0.508 e. The zero-order valence-corrected chi connectivity index (χ0v) is 21.2. The van der Waals surface area contributed by atoms with Gasteiger partial charge in [0.2, 0.25) is 5.91 Å². The molecule has 2 saturated carbocycles. The molecule has 1 aliphatic heterocycles. The van der Waals surface area contributed by atoms with Crippen molar-refractivity contribution < 1.29 is 23.8 Å². The molecule has 0 unspecified atom stereocenters. The van der Waals surface area contributed by atoms with Gasteiger partial charge in [-0.1, -0.05) is 12.1 Å². The van der Waals surface area contributed by atoms with E-state index < -0.39 is 11.0 Å². The molecular formula is C29H36N2O5. The molecule has 5 rings (SSSR count). The van der Waals surface area contributed by atoms with Crippen molar-refractivity contribution in [1.82, 2.24) is 10.2 Å². The zero-order chi connectivity index (χ0) is 25.3. The van der Waals surface area contributed by atoms with Crippen molar-refractivity contribution in [2.24, 2.45) is 5.92 Å². The number of hydrogen-bond donors (Lipinski definition) is 2. The maximum atomic E-state index is 12.8. The number of aromatic hydroxyl groups is 1. The lowest BCUT2D eigenvalue weighted by Gasteiger charge is -2.59. The van der Waals surface area contributed by atoms with Gasteiger partial charge in [0.1, 0.15) is 17.1 Å². The summed E-state index contributed by atoms with van der Waals surface area (Å²) in [6.07, 6.45) is 10.3. The highest BCUT2D eigenvalue weighted by atomic mass is 16.6. The highest BCUT2D eigenvalue weighted by Gasteiger charge is 2.61. The molecule has 1 aromatic heterocycles. The molecule has 7 nitrogen and oxygen atoms in total. The second-order valence-corrected chi connectivity index (χ2v) is 10.9. The summed E-state index contributed by atoms with van der Waals surface area (Å²) < 4.78 is 11.6. The normalized spacial score (nSPS) is 28.6. The van der Waals surface area contributed by atoms with E-state index >= 15 is 0 Å². The van der Waals surface area contributed by atoms with E-state index in [2.05, 4.69) is 10.2 Å². The molecule has 0 bridgehead atoms. The van der Waals surface area contributed by atoms with E-state index in [4.69, 9.17) is 9.15 Å². The molecule has 2 N–H and O–H groups in total. The first-order valence-electron chi connectivity index (χ1n) is 13.0. The topological polar surface area (TPSA) is 92.0 Å². The lowest BCUT2D eigenvalue weighted by Crippen LogP contribution is -2.68. The molecule has 1 aromatic carbocycles. The summed E-state index contributed by atoms with van der Waals surface area (Å²) >= 11 is 0. The Morgan fingerprint density at radius 2 is 2.08 bits per heavy atom. The number of furan rings is 1. The predicted molar refractivity (Wildman–Crippen MR) is 136 cm³/mol. The Morgan fingerprint density at radius 1 is 1.25 bits per heavy atom. The number of esters is 1. The van der Waals surface area contributed by atoms with Gasteiger partial charge in [-0.05, 0) is 87.7 Å². The predicted octanol–water partition coefficient (Wildman–Crippen LogP) is 4.33. The Morgan fingerprint density at radius 3 is 2.78 bits per heavy atom. The fraction of sp³-hybridized carbons (Fsp3) is 0.517. The quantitative estimate of drug-likeness (QED) is 0.442. The van der Waals surface area contributed by atoms with Crippen LogP contribution in [-0.2, 0) is 19.7 Å². The minimum Gasteiger partial charge on any atom is -0.508 e. The first-order valence-corrected chi connectivity index (χ1v) is 13.0. The van der Waals surface area contributed by atoms with E-state index in [1.807, 2.05) is 25.1 Å². The number of nitrogens with one attached hydrogen (secondary N) is 1. The third-order valence-electron chi connectivity index (χ3n) is 8.31. The third kappa shape index (κ3) is 4.94. The number of carbonyl (C=O) groups is 2. The van der Waals surface area contributed by atoms with Crippen LogP contribution in [0.5, 0.6) is 5.75 Å². The number of rotatable bonds is 7. The maximum Gasteiger partial charge on any atom is 0.303 e. The molecule has 1 amide bonds. The number of ether oxygens (including phenoxy) is 1. The van der Waals surface area contributed by atoms with Gasteiger partial charge in [0.25, 0.3) is 0 Å². The van der Waals surface area contributed by atoms with Crippen molar-refractivity contribution in [3.8, 4) is 5.75 Å². The summed E-state index contributed by atoms with van der Waals surface area (Å²) in [7, 11) is 0. The maximum absolute atomic E-state index is 12.8. The molecule has 36 heavy (non-hydrogen) atoms. The number of aryl methyl sites for hydroxylation is 1. The van der Waals surface area contributed by atoms with Crippen LogP contribution < -0.4 is 5.32 Å². The van der Waals surface area contributed by atoms with Gasteiger partial charge >= 0.3 is 5.97 Å². The molecule has 3 fully saturated rings. The van der Waals surface area contributed by atoms with Gasteiger partial charge in [-0.2, -0.15) is 0 Å². The van der Waals surface area contributed by atoms with Gasteiger partial charge in [-0.25, -0.2) is 0 Å². The molecule has 3 aliphatic rings. The number of hydrogen-bond acceptors (Lipinski definition) is 6. The first-order chi connectivity index (χ1) is 17.3. The van der Waals surface area contributed by atoms with Crippen LogP contribution in [0, 0.1) is 12.8 Å². The summed E-state index contributed by atoms with van der Waals surface area (Å²) in [5, 5.41) is 13.6. The van der Waals surface area contributed by atoms with Gasteiger partial charge in [0.15, 0.2) is 0 Å². The summed E-state index contributed by atoms with van der Waals surface area (Å²) in [5.41, 5.74) is 0.642. The molecule has 2 heterocycles. The van der Waals surface area contributed by atoms with Gasteiger partial charge in [-0.3, -0.25) is 14.5 Å². The van der Waals surface area contributed by atoms with Crippen LogP contribution >= 0.6 is 0 Å². The second kappa shape index (κ2) is 9.77. The van der Waals surface area contributed by atoms with E-state index in [-0.39, 0.29) is 23.7 Å². The van der Waals surface area contributed by atoms with Gasteiger partial charge in [0.05, 0.1) is 6.26 Å². The first kappa shape index (κ1) is 24.6. The molecule has 3 atom stereocenters. The van der Waals surface area contributed by atoms with Crippen LogP contribution in [0.1, 0.15) is 62.3 Å². The summed E-state index contributed by atoms with van der Waals surface area (Å²) in [6, 6.07) is 9.11. The molecule has 192 valence electrons. The van der Waals surface area contributed by atoms with Crippen LogP contribution in [0.4, 0.5) is 0 Å². The van der Waals surface area contributed by atoms with E-state index in [9.17, 15) is 14.7 Å². The number of likely N-dealkylation sites (tertiary alicyclic amines) is 1. The Balaban J connectivity index is 1.43. The Hall–Kier alpha value is -3.06. The summed E-state index contributed by atoms with van der Waals surface area (Å²) in [4.78, 5) is 27.8. The Bertz CT molecular complexity index is 1150. The van der Waals surface area contributed by atoms with E-state index in [1.54, 1.807) is 30.5 Å². The van der Waals surface area contributed by atoms with Crippen molar-refractivity contribution in [2.45, 2.75) is 69.4 Å². The van der Waals surface area contributed by atoms with Gasteiger partial charge in [-0.15, -0.1) is 0 Å². The standard InChI is InChI=1S/C29H36N2O5/c1-20-23(11-15-35-20)8-9-27(34)30-25-10-12-29(36-21(2)32)19-31(18-22-6-7-22)14-13-28(29,17-25)24-4-3-5-26(33)16-24/h3-5,8-9,11,15-16,22,25,33H,6-7,10,12-14,17-19H2,1-2H3,(H,30,34)/t25-,28-,29-/m0/s1. The Kier molecular flexibility index (Phi) is 6.68. The monoisotopic (exact) mass is 492 g/mol. The molecule has 0 spiro atoms. The molecule has 0 radical (unpaired) electrons. The smallest absolute Gasteiger partial charge is 0.303 e. The van der Waals surface area contributed by atoms with Crippen molar-refractivity contribution in [3.63, 3.8) is 0 Å². The third-order valence-corrected chi connectivity index (χ3v) is 8.31. The zero-order valence-electron chi connectivity index (χ0n) is 21.2. The van der Waals surface area contributed by atoms with E-state index in [0.717, 1.165) is 48.7 Å².